The number of nitrogens with one attached hydrogen (secondary N) is 1. The average molecular weight is 494 g/mol. The fourth-order valence-electron chi connectivity index (χ4n) is 4.39. The Hall–Kier alpha value is -3.32. The molecule has 35 heavy (non-hydrogen) atoms. The van der Waals surface area contributed by atoms with Gasteiger partial charge in [0.25, 0.3) is 10.0 Å². The fraction of sp³-hybridized carbons (Fsp3) is 0.321. The van der Waals surface area contributed by atoms with Crippen molar-refractivity contribution in [3.63, 3.8) is 0 Å². The lowest BCUT2D eigenvalue weighted by Gasteiger charge is -2.15. The normalized spacial score (nSPS) is 11.8. The van der Waals surface area contributed by atoms with Gasteiger partial charge in [-0.1, -0.05) is 50.1 Å². The Morgan fingerprint density at radius 3 is 2.31 bits per heavy atom. The molecule has 0 radical (unpaired) electrons. The van der Waals surface area contributed by atoms with Crippen LogP contribution in [-0.2, 0) is 14.8 Å². The minimum Gasteiger partial charge on any atom is -0.462 e. The zero-order valence-electron chi connectivity index (χ0n) is 20.8. The zero-order chi connectivity index (χ0) is 25.3. The number of hydrogen-bond acceptors (Lipinski definition) is 5. The van der Waals surface area contributed by atoms with Gasteiger partial charge in [0.2, 0.25) is 0 Å². The highest BCUT2D eigenvalue weighted by Gasteiger charge is 2.25. The van der Waals surface area contributed by atoms with Crippen LogP contribution in [0.1, 0.15) is 59.0 Å². The van der Waals surface area contributed by atoms with Gasteiger partial charge in [0.05, 0.1) is 17.2 Å². The molecule has 0 aliphatic heterocycles. The maximum Gasteiger partial charge on any atom is 0.342 e. The van der Waals surface area contributed by atoms with Crippen molar-refractivity contribution in [3.05, 3.63) is 70.5 Å². The van der Waals surface area contributed by atoms with Gasteiger partial charge in [-0.3, -0.25) is 4.72 Å². The van der Waals surface area contributed by atoms with E-state index in [-0.39, 0.29) is 4.90 Å². The van der Waals surface area contributed by atoms with Gasteiger partial charge < -0.3 is 9.15 Å². The van der Waals surface area contributed by atoms with E-state index in [9.17, 15) is 13.2 Å². The van der Waals surface area contributed by atoms with Crippen LogP contribution >= 0.6 is 0 Å². The van der Waals surface area contributed by atoms with Gasteiger partial charge in [0.1, 0.15) is 16.9 Å². The highest BCUT2D eigenvalue weighted by Crippen LogP contribution is 2.38. The van der Waals surface area contributed by atoms with Crippen LogP contribution in [0.2, 0.25) is 0 Å². The van der Waals surface area contributed by atoms with Gasteiger partial charge in [-0.05, 0) is 62.9 Å². The number of esters is 1. The highest BCUT2D eigenvalue weighted by atomic mass is 32.2. The molecule has 4 aromatic rings. The van der Waals surface area contributed by atoms with Crippen molar-refractivity contribution in [1.82, 2.24) is 0 Å². The van der Waals surface area contributed by atoms with Crippen molar-refractivity contribution in [1.29, 1.82) is 0 Å². The number of hydrogen-bond donors (Lipinski definition) is 1. The molecule has 184 valence electrons. The molecule has 0 spiro atoms. The van der Waals surface area contributed by atoms with Crippen LogP contribution in [0, 0.1) is 27.7 Å². The van der Waals surface area contributed by atoms with Crippen LogP contribution in [0.5, 0.6) is 0 Å². The molecule has 0 fully saturated rings. The molecule has 0 amide bonds. The summed E-state index contributed by atoms with van der Waals surface area (Å²) < 4.78 is 41.2. The predicted molar refractivity (Wildman–Crippen MR) is 140 cm³/mol. The maximum atomic E-state index is 13.5. The van der Waals surface area contributed by atoms with Crippen molar-refractivity contribution >= 4 is 43.4 Å². The van der Waals surface area contributed by atoms with E-state index in [0.29, 0.717) is 50.9 Å². The molecule has 0 saturated carbocycles. The van der Waals surface area contributed by atoms with Gasteiger partial charge in [0.15, 0.2) is 0 Å². The standard InChI is InChI=1S/C28H31NO5S/c1-6-7-10-13-33-28(30)26-20(5)34-27-22-12-9-8-11-21(22)24(16-23(26)27)29-35(31,32)25-15-18(3)17(2)14-19(25)4/h8-9,11-12,14-16,29H,6-7,10,13H2,1-5H3. The largest absolute Gasteiger partial charge is 0.462 e. The molecule has 0 aliphatic carbocycles. The van der Waals surface area contributed by atoms with E-state index >= 15 is 0 Å². The number of furan rings is 1. The zero-order valence-corrected chi connectivity index (χ0v) is 21.6. The second kappa shape index (κ2) is 9.74. The lowest BCUT2D eigenvalue weighted by molar-refractivity contribution is 0.0498. The predicted octanol–water partition coefficient (Wildman–Crippen LogP) is 6.97. The molecule has 1 heterocycles. The average Bonchev–Trinajstić information content (AvgIpc) is 3.14. The molecule has 6 nitrogen and oxygen atoms in total. The van der Waals surface area contributed by atoms with Crippen LogP contribution in [0.3, 0.4) is 0 Å². The number of unbranched alkanes of at least 4 members (excludes halogenated alkanes) is 2. The summed E-state index contributed by atoms with van der Waals surface area (Å²) in [4.78, 5) is 13.2. The summed E-state index contributed by atoms with van der Waals surface area (Å²) in [6.45, 7) is 9.77. The monoisotopic (exact) mass is 493 g/mol. The number of sulfonamides is 1. The van der Waals surface area contributed by atoms with E-state index < -0.39 is 16.0 Å². The highest BCUT2D eigenvalue weighted by molar-refractivity contribution is 7.92. The van der Waals surface area contributed by atoms with E-state index in [1.54, 1.807) is 26.0 Å². The number of fused-ring (bicyclic) bond motifs is 3. The number of ether oxygens (including phenoxy) is 1. The Morgan fingerprint density at radius 2 is 1.60 bits per heavy atom. The van der Waals surface area contributed by atoms with Crippen LogP contribution in [-0.4, -0.2) is 21.0 Å². The lowest BCUT2D eigenvalue weighted by Crippen LogP contribution is -2.15. The van der Waals surface area contributed by atoms with Crippen molar-refractivity contribution in [2.45, 2.75) is 58.8 Å². The first kappa shape index (κ1) is 24.8. The molecule has 7 heteroatoms. The summed E-state index contributed by atoms with van der Waals surface area (Å²) in [6, 6.07) is 12.6. The third-order valence-corrected chi connectivity index (χ3v) is 7.89. The number of carbonyl (C=O) groups is 1. The van der Waals surface area contributed by atoms with Gasteiger partial charge in [-0.2, -0.15) is 0 Å². The Kier molecular flexibility index (Phi) is 6.90. The van der Waals surface area contributed by atoms with Crippen LogP contribution in [0.15, 0.2) is 51.8 Å². The van der Waals surface area contributed by atoms with E-state index in [4.69, 9.17) is 9.15 Å². The smallest absolute Gasteiger partial charge is 0.342 e. The van der Waals surface area contributed by atoms with Gasteiger partial charge in [0, 0.05) is 16.2 Å². The number of aryl methyl sites for hydroxylation is 4. The summed E-state index contributed by atoms with van der Waals surface area (Å²) in [6.07, 6.45) is 2.80. The summed E-state index contributed by atoms with van der Waals surface area (Å²) in [5.41, 5.74) is 3.83. The second-order valence-corrected chi connectivity index (χ2v) is 10.7. The minimum atomic E-state index is -3.89. The van der Waals surface area contributed by atoms with Crippen LogP contribution in [0.4, 0.5) is 5.69 Å². The minimum absolute atomic E-state index is 0.226. The number of anilines is 1. The van der Waals surface area contributed by atoms with E-state index in [2.05, 4.69) is 11.6 Å². The number of carbonyl (C=O) groups excluding carboxylic acids is 1. The van der Waals surface area contributed by atoms with E-state index in [1.807, 2.05) is 44.2 Å². The maximum absolute atomic E-state index is 13.5. The van der Waals surface area contributed by atoms with Gasteiger partial charge in [-0.25, -0.2) is 13.2 Å². The first-order valence-electron chi connectivity index (χ1n) is 11.9. The number of benzene rings is 3. The van der Waals surface area contributed by atoms with Crippen molar-refractivity contribution in [2.24, 2.45) is 0 Å². The van der Waals surface area contributed by atoms with Gasteiger partial charge in [-0.15, -0.1) is 0 Å². The Balaban J connectivity index is 1.83. The molecule has 1 N–H and O–H groups in total. The fourth-order valence-corrected chi connectivity index (χ4v) is 5.77. The van der Waals surface area contributed by atoms with Crippen LogP contribution in [0.25, 0.3) is 21.7 Å². The molecule has 0 bridgehead atoms. The van der Waals surface area contributed by atoms with Crippen LogP contribution < -0.4 is 4.72 Å². The molecule has 4 rings (SSSR count). The third kappa shape index (κ3) is 4.78. The third-order valence-electron chi connectivity index (χ3n) is 6.38. The van der Waals surface area contributed by atoms with Gasteiger partial charge >= 0.3 is 5.97 Å². The van der Waals surface area contributed by atoms with Crippen molar-refractivity contribution < 1.29 is 22.4 Å². The lowest BCUT2D eigenvalue weighted by atomic mass is 10.0. The quantitative estimate of drug-likeness (QED) is 0.212. The first-order valence-corrected chi connectivity index (χ1v) is 13.3. The molecule has 0 aliphatic rings. The summed E-state index contributed by atoms with van der Waals surface area (Å²) in [7, 11) is -3.89. The Morgan fingerprint density at radius 1 is 0.914 bits per heavy atom. The molecular formula is C28H31NO5S. The van der Waals surface area contributed by atoms with E-state index in [0.717, 1.165) is 30.4 Å². The molecule has 1 aromatic heterocycles. The molecular weight excluding hydrogens is 462 g/mol. The summed E-state index contributed by atoms with van der Waals surface area (Å²) >= 11 is 0. The van der Waals surface area contributed by atoms with Crippen molar-refractivity contribution in [3.8, 4) is 0 Å². The first-order chi connectivity index (χ1) is 16.6. The molecule has 0 atom stereocenters. The summed E-state index contributed by atoms with van der Waals surface area (Å²) in [5, 5.41) is 1.92. The number of rotatable bonds is 8. The molecule has 3 aromatic carbocycles. The Labute approximate surface area is 206 Å². The van der Waals surface area contributed by atoms with Crippen molar-refractivity contribution in [2.75, 3.05) is 11.3 Å². The molecule has 0 unspecified atom stereocenters. The topological polar surface area (TPSA) is 85.6 Å². The molecule has 0 saturated heterocycles. The second-order valence-electron chi connectivity index (χ2n) is 9.03. The van der Waals surface area contributed by atoms with E-state index in [1.165, 1.54) is 0 Å². The summed E-state index contributed by atoms with van der Waals surface area (Å²) in [5.74, 6) is -0.0258. The SMILES string of the molecule is CCCCCOC(=O)c1c(C)oc2c1cc(NS(=O)(=O)c1cc(C)c(C)cc1C)c1ccccc12. The Bertz CT molecular complexity index is 1530.